The van der Waals surface area contributed by atoms with Crippen molar-refractivity contribution in [2.45, 2.75) is 6.92 Å². The Morgan fingerprint density at radius 1 is 1.20 bits per heavy atom. The predicted octanol–water partition coefficient (Wildman–Crippen LogP) is 3.67. The molecule has 2 rings (SSSR count). The first-order valence-electron chi connectivity index (χ1n) is 4.49. The van der Waals surface area contributed by atoms with Crippen LogP contribution in [-0.2, 0) is 0 Å². The van der Waals surface area contributed by atoms with E-state index >= 15 is 0 Å². The minimum absolute atomic E-state index is 0.341. The number of benzene rings is 2. The van der Waals surface area contributed by atoms with E-state index in [0.717, 1.165) is 5.56 Å². The van der Waals surface area contributed by atoms with E-state index in [2.05, 4.69) is 0 Å². The molecule has 76 valence electrons. The van der Waals surface area contributed by atoms with Crippen LogP contribution in [0.3, 0.4) is 0 Å². The van der Waals surface area contributed by atoms with Crippen molar-refractivity contribution in [3.05, 3.63) is 47.3 Å². The molecule has 0 unspecified atom stereocenters. The van der Waals surface area contributed by atoms with Crippen LogP contribution >= 0.6 is 11.6 Å². The highest BCUT2D eigenvalue weighted by Gasteiger charge is 2.12. The molecule has 0 aliphatic heterocycles. The van der Waals surface area contributed by atoms with Crippen molar-refractivity contribution in [1.82, 2.24) is 0 Å². The molecule has 0 atom stereocenters. The summed E-state index contributed by atoms with van der Waals surface area (Å²) in [7, 11) is 0. The summed E-state index contributed by atoms with van der Waals surface area (Å²) in [5, 5.41) is 0.436. The first-order valence-corrected chi connectivity index (χ1v) is 4.86. The standard InChI is InChI=1S/C12H8ClFO/c1-7-5-6-8-9(11(7)12(13)15)3-2-4-10(8)14/h2-6H,1H3. The third kappa shape index (κ3) is 1.61. The summed E-state index contributed by atoms with van der Waals surface area (Å²) < 4.78 is 13.4. The van der Waals surface area contributed by atoms with Gasteiger partial charge in [0.05, 0.1) is 0 Å². The number of carbonyl (C=O) groups excluding carboxylic acids is 1. The lowest BCUT2D eigenvalue weighted by atomic mass is 10.0. The Balaban J connectivity index is 2.94. The van der Waals surface area contributed by atoms with Crippen LogP contribution in [0, 0.1) is 12.7 Å². The molecule has 2 aromatic carbocycles. The SMILES string of the molecule is Cc1ccc2c(F)cccc2c1C(=O)Cl. The molecule has 0 aliphatic rings. The molecule has 0 amide bonds. The summed E-state index contributed by atoms with van der Waals surface area (Å²) in [4.78, 5) is 11.2. The van der Waals surface area contributed by atoms with Crippen LogP contribution in [0.2, 0.25) is 0 Å². The number of halogens is 2. The summed E-state index contributed by atoms with van der Waals surface area (Å²) in [5.74, 6) is -0.341. The van der Waals surface area contributed by atoms with Gasteiger partial charge in [-0.25, -0.2) is 4.39 Å². The zero-order chi connectivity index (χ0) is 11.0. The van der Waals surface area contributed by atoms with Gasteiger partial charge in [-0.2, -0.15) is 0 Å². The summed E-state index contributed by atoms with van der Waals surface area (Å²) in [6.07, 6.45) is 0. The molecule has 0 radical (unpaired) electrons. The summed E-state index contributed by atoms with van der Waals surface area (Å²) in [6, 6.07) is 7.98. The number of rotatable bonds is 1. The molecule has 0 aromatic heterocycles. The van der Waals surface area contributed by atoms with Crippen LogP contribution in [-0.4, -0.2) is 5.24 Å². The second-order valence-corrected chi connectivity index (χ2v) is 3.71. The van der Waals surface area contributed by atoms with Crippen molar-refractivity contribution < 1.29 is 9.18 Å². The molecule has 0 saturated carbocycles. The van der Waals surface area contributed by atoms with Crippen molar-refractivity contribution in [1.29, 1.82) is 0 Å². The Bertz CT molecular complexity index is 549. The van der Waals surface area contributed by atoms with Crippen LogP contribution in [0.5, 0.6) is 0 Å². The number of carbonyl (C=O) groups is 1. The highest BCUT2D eigenvalue weighted by Crippen LogP contribution is 2.25. The highest BCUT2D eigenvalue weighted by molar-refractivity contribution is 6.68. The maximum absolute atomic E-state index is 13.4. The van der Waals surface area contributed by atoms with E-state index in [1.54, 1.807) is 31.2 Å². The number of hydrogen-bond acceptors (Lipinski definition) is 1. The summed E-state index contributed by atoms with van der Waals surface area (Å²) >= 11 is 5.48. The fraction of sp³-hybridized carbons (Fsp3) is 0.0833. The van der Waals surface area contributed by atoms with Crippen molar-refractivity contribution in [3.8, 4) is 0 Å². The third-order valence-electron chi connectivity index (χ3n) is 2.41. The van der Waals surface area contributed by atoms with Gasteiger partial charge in [0.15, 0.2) is 0 Å². The Morgan fingerprint density at radius 3 is 2.60 bits per heavy atom. The van der Waals surface area contributed by atoms with Crippen molar-refractivity contribution in [3.63, 3.8) is 0 Å². The largest absolute Gasteiger partial charge is 0.276 e. The van der Waals surface area contributed by atoms with E-state index in [0.29, 0.717) is 16.3 Å². The second-order valence-electron chi connectivity index (χ2n) is 3.37. The van der Waals surface area contributed by atoms with E-state index in [1.807, 2.05) is 0 Å². The van der Waals surface area contributed by atoms with E-state index in [1.165, 1.54) is 6.07 Å². The van der Waals surface area contributed by atoms with E-state index in [4.69, 9.17) is 11.6 Å². The molecule has 0 aliphatic carbocycles. The number of fused-ring (bicyclic) bond motifs is 1. The molecule has 0 N–H and O–H groups in total. The number of aryl methyl sites for hydroxylation is 1. The fourth-order valence-corrected chi connectivity index (χ4v) is 1.94. The van der Waals surface area contributed by atoms with E-state index in [-0.39, 0.29) is 5.82 Å². The van der Waals surface area contributed by atoms with E-state index in [9.17, 15) is 9.18 Å². The molecule has 0 bridgehead atoms. The zero-order valence-electron chi connectivity index (χ0n) is 8.05. The minimum atomic E-state index is -0.552. The fourth-order valence-electron chi connectivity index (χ4n) is 1.69. The average Bonchev–Trinajstić information content (AvgIpc) is 2.17. The van der Waals surface area contributed by atoms with Gasteiger partial charge in [-0.3, -0.25) is 4.79 Å². The lowest BCUT2D eigenvalue weighted by Gasteiger charge is -2.06. The van der Waals surface area contributed by atoms with E-state index < -0.39 is 5.24 Å². The monoisotopic (exact) mass is 222 g/mol. The summed E-state index contributed by atoms with van der Waals surface area (Å²) in [5.41, 5.74) is 1.14. The normalized spacial score (nSPS) is 10.6. The molecule has 15 heavy (non-hydrogen) atoms. The summed E-state index contributed by atoms with van der Waals surface area (Å²) in [6.45, 7) is 1.78. The molecule has 3 heteroatoms. The maximum Gasteiger partial charge on any atom is 0.253 e. The average molecular weight is 223 g/mol. The molecule has 0 saturated heterocycles. The molecule has 0 fully saturated rings. The van der Waals surface area contributed by atoms with Crippen molar-refractivity contribution >= 4 is 27.6 Å². The van der Waals surface area contributed by atoms with Gasteiger partial charge >= 0.3 is 0 Å². The second kappa shape index (κ2) is 3.63. The van der Waals surface area contributed by atoms with Crippen LogP contribution in [0.1, 0.15) is 15.9 Å². The Morgan fingerprint density at radius 2 is 1.93 bits per heavy atom. The Kier molecular flexibility index (Phi) is 2.45. The van der Waals surface area contributed by atoms with Gasteiger partial charge in [-0.05, 0) is 35.5 Å². The van der Waals surface area contributed by atoms with Gasteiger partial charge in [-0.1, -0.05) is 24.3 Å². The zero-order valence-corrected chi connectivity index (χ0v) is 8.81. The Labute approximate surface area is 91.5 Å². The van der Waals surface area contributed by atoms with Gasteiger partial charge in [0.25, 0.3) is 5.24 Å². The van der Waals surface area contributed by atoms with Gasteiger partial charge in [-0.15, -0.1) is 0 Å². The smallest absolute Gasteiger partial charge is 0.253 e. The predicted molar refractivity (Wildman–Crippen MR) is 58.8 cm³/mol. The molecule has 0 spiro atoms. The van der Waals surface area contributed by atoms with Gasteiger partial charge in [0.1, 0.15) is 5.82 Å². The molecule has 0 heterocycles. The van der Waals surface area contributed by atoms with Crippen molar-refractivity contribution in [2.75, 3.05) is 0 Å². The third-order valence-corrected chi connectivity index (χ3v) is 2.60. The Hall–Kier alpha value is -1.41. The van der Waals surface area contributed by atoms with Gasteiger partial charge in [0, 0.05) is 10.9 Å². The van der Waals surface area contributed by atoms with Gasteiger partial charge < -0.3 is 0 Å². The van der Waals surface area contributed by atoms with Gasteiger partial charge in [0.2, 0.25) is 0 Å². The molecular weight excluding hydrogens is 215 g/mol. The van der Waals surface area contributed by atoms with Crippen LogP contribution < -0.4 is 0 Å². The molecule has 2 aromatic rings. The topological polar surface area (TPSA) is 17.1 Å². The van der Waals surface area contributed by atoms with Crippen LogP contribution in [0.15, 0.2) is 30.3 Å². The molecular formula is C12H8ClFO. The first kappa shape index (κ1) is 10.1. The first-order chi connectivity index (χ1) is 7.11. The lowest BCUT2D eigenvalue weighted by molar-refractivity contribution is 0.108. The number of hydrogen-bond donors (Lipinski definition) is 0. The highest BCUT2D eigenvalue weighted by atomic mass is 35.5. The van der Waals surface area contributed by atoms with Crippen LogP contribution in [0.4, 0.5) is 4.39 Å². The quantitative estimate of drug-likeness (QED) is 0.673. The van der Waals surface area contributed by atoms with Crippen LogP contribution in [0.25, 0.3) is 10.8 Å². The lowest BCUT2D eigenvalue weighted by Crippen LogP contribution is -1.96. The molecule has 1 nitrogen and oxygen atoms in total. The van der Waals surface area contributed by atoms with Crippen molar-refractivity contribution in [2.24, 2.45) is 0 Å². The minimum Gasteiger partial charge on any atom is -0.276 e. The maximum atomic E-state index is 13.4.